The maximum atomic E-state index is 12.0. The van der Waals surface area contributed by atoms with Gasteiger partial charge in [0.2, 0.25) is 0 Å². The second-order valence-electron chi connectivity index (χ2n) is 4.34. The highest BCUT2D eigenvalue weighted by atomic mass is 16.2. The third kappa shape index (κ3) is 2.14. The van der Waals surface area contributed by atoms with Crippen molar-refractivity contribution in [1.29, 1.82) is 0 Å². The number of nitrogens with one attached hydrogen (secondary N) is 3. The number of urea groups is 1. The molecular weight excluding hydrogens is 230 g/mol. The van der Waals surface area contributed by atoms with Crippen molar-refractivity contribution in [2.24, 2.45) is 0 Å². The molecule has 3 N–H and O–H groups in total. The minimum absolute atomic E-state index is 0.0423. The summed E-state index contributed by atoms with van der Waals surface area (Å²) >= 11 is 0. The minimum atomic E-state index is -0.0423. The van der Waals surface area contributed by atoms with Crippen LogP contribution < -0.4 is 10.6 Å². The Morgan fingerprint density at radius 3 is 3.00 bits per heavy atom. The highest BCUT2D eigenvalue weighted by Crippen LogP contribution is 2.17. The zero-order chi connectivity index (χ0) is 12.4. The summed E-state index contributed by atoms with van der Waals surface area (Å²) in [7, 11) is 0. The van der Waals surface area contributed by atoms with Crippen molar-refractivity contribution in [3.05, 3.63) is 24.4 Å². The molecule has 6 nitrogen and oxygen atoms in total. The number of benzene rings is 1. The highest BCUT2D eigenvalue weighted by molar-refractivity contribution is 5.92. The third-order valence-electron chi connectivity index (χ3n) is 3.10. The van der Waals surface area contributed by atoms with Crippen LogP contribution >= 0.6 is 0 Å². The van der Waals surface area contributed by atoms with Gasteiger partial charge in [-0.3, -0.25) is 5.10 Å². The largest absolute Gasteiger partial charge is 0.322 e. The fourth-order valence-electron chi connectivity index (χ4n) is 2.09. The molecular formula is C12H15N5O. The summed E-state index contributed by atoms with van der Waals surface area (Å²) in [5.41, 5.74) is 1.77. The maximum Gasteiger partial charge on any atom is 0.321 e. The van der Waals surface area contributed by atoms with E-state index >= 15 is 0 Å². The molecule has 2 amide bonds. The molecule has 0 radical (unpaired) electrons. The second-order valence-corrected chi connectivity index (χ2v) is 4.34. The van der Waals surface area contributed by atoms with Crippen molar-refractivity contribution >= 4 is 22.6 Å². The fourth-order valence-corrected chi connectivity index (χ4v) is 2.09. The highest BCUT2D eigenvalue weighted by Gasteiger charge is 2.15. The summed E-state index contributed by atoms with van der Waals surface area (Å²) in [6.45, 7) is 3.21. The number of carbonyl (C=O) groups is 1. The molecule has 1 aliphatic heterocycles. The predicted molar refractivity (Wildman–Crippen MR) is 69.6 cm³/mol. The zero-order valence-corrected chi connectivity index (χ0v) is 9.94. The van der Waals surface area contributed by atoms with E-state index in [9.17, 15) is 4.79 Å². The Hall–Kier alpha value is -2.08. The van der Waals surface area contributed by atoms with Crippen LogP contribution in [0.2, 0.25) is 0 Å². The van der Waals surface area contributed by atoms with Crippen LogP contribution in [0.4, 0.5) is 10.5 Å². The van der Waals surface area contributed by atoms with Gasteiger partial charge in [-0.2, -0.15) is 5.10 Å². The number of hydrogen-bond donors (Lipinski definition) is 3. The van der Waals surface area contributed by atoms with Crippen molar-refractivity contribution in [2.45, 2.75) is 0 Å². The monoisotopic (exact) mass is 245 g/mol. The molecule has 0 unspecified atom stereocenters. The molecule has 0 aliphatic carbocycles. The first-order valence-electron chi connectivity index (χ1n) is 6.03. The van der Waals surface area contributed by atoms with Gasteiger partial charge in [-0.05, 0) is 18.2 Å². The molecule has 0 spiro atoms. The van der Waals surface area contributed by atoms with E-state index in [0.29, 0.717) is 0 Å². The van der Waals surface area contributed by atoms with Crippen LogP contribution in [0.5, 0.6) is 0 Å². The van der Waals surface area contributed by atoms with Crippen molar-refractivity contribution in [2.75, 3.05) is 31.5 Å². The Morgan fingerprint density at radius 1 is 1.33 bits per heavy atom. The first-order chi connectivity index (χ1) is 8.83. The molecule has 1 aromatic carbocycles. The Bertz CT molecular complexity index is 558. The van der Waals surface area contributed by atoms with Crippen LogP contribution in [0.25, 0.3) is 10.9 Å². The number of aromatic nitrogens is 2. The first kappa shape index (κ1) is 11.0. The lowest BCUT2D eigenvalue weighted by Gasteiger charge is -2.27. The van der Waals surface area contributed by atoms with Gasteiger partial charge >= 0.3 is 6.03 Å². The minimum Gasteiger partial charge on any atom is -0.322 e. The average Bonchev–Trinajstić information content (AvgIpc) is 2.87. The SMILES string of the molecule is O=C(Nc1ccc2[nH]ncc2c1)N1CCNCC1. The molecule has 6 heteroatoms. The molecule has 1 fully saturated rings. The van der Waals surface area contributed by atoms with E-state index in [1.807, 2.05) is 23.1 Å². The predicted octanol–water partition coefficient (Wildman–Crippen LogP) is 1.000. The number of fused-ring (bicyclic) bond motifs is 1. The Labute approximate surface area is 104 Å². The van der Waals surface area contributed by atoms with Crippen molar-refractivity contribution in [3.63, 3.8) is 0 Å². The van der Waals surface area contributed by atoms with E-state index in [4.69, 9.17) is 0 Å². The topological polar surface area (TPSA) is 73.0 Å². The van der Waals surface area contributed by atoms with E-state index in [-0.39, 0.29) is 6.03 Å². The standard InChI is InChI=1S/C12H15N5O/c18-12(17-5-3-13-4-6-17)15-10-1-2-11-9(7-10)8-14-16-11/h1-2,7-8,13H,3-6H2,(H,14,16)(H,15,18). The van der Waals surface area contributed by atoms with Crippen LogP contribution in [0.1, 0.15) is 0 Å². The molecule has 0 atom stereocenters. The number of rotatable bonds is 1. The second kappa shape index (κ2) is 4.66. The van der Waals surface area contributed by atoms with E-state index in [1.165, 1.54) is 0 Å². The molecule has 1 aromatic heterocycles. The Kier molecular flexibility index (Phi) is 2.85. The van der Waals surface area contributed by atoms with Gasteiger partial charge in [0.1, 0.15) is 0 Å². The smallest absolute Gasteiger partial charge is 0.321 e. The maximum absolute atomic E-state index is 12.0. The Morgan fingerprint density at radius 2 is 2.17 bits per heavy atom. The molecule has 18 heavy (non-hydrogen) atoms. The van der Waals surface area contributed by atoms with Crippen molar-refractivity contribution < 1.29 is 4.79 Å². The van der Waals surface area contributed by atoms with Crippen LogP contribution in [-0.2, 0) is 0 Å². The average molecular weight is 245 g/mol. The summed E-state index contributed by atoms with van der Waals surface area (Å²) in [5.74, 6) is 0. The van der Waals surface area contributed by atoms with Gasteiger partial charge in [-0.1, -0.05) is 0 Å². The molecule has 1 saturated heterocycles. The molecule has 0 saturated carbocycles. The van der Waals surface area contributed by atoms with Crippen LogP contribution in [0, 0.1) is 0 Å². The number of nitrogens with zero attached hydrogens (tertiary/aromatic N) is 2. The van der Waals surface area contributed by atoms with E-state index in [2.05, 4.69) is 20.8 Å². The van der Waals surface area contributed by atoms with E-state index < -0.39 is 0 Å². The van der Waals surface area contributed by atoms with E-state index in [1.54, 1.807) is 6.20 Å². The molecule has 94 valence electrons. The zero-order valence-electron chi connectivity index (χ0n) is 9.94. The number of amides is 2. The first-order valence-corrected chi connectivity index (χ1v) is 6.03. The number of aromatic amines is 1. The summed E-state index contributed by atoms with van der Waals surface area (Å²) in [5, 5.41) is 14.0. The van der Waals surface area contributed by atoms with Gasteiger partial charge in [-0.25, -0.2) is 4.79 Å². The van der Waals surface area contributed by atoms with Gasteiger partial charge < -0.3 is 15.5 Å². The Balaban J connectivity index is 1.72. The molecule has 2 aromatic rings. The van der Waals surface area contributed by atoms with Gasteiger partial charge in [0.15, 0.2) is 0 Å². The van der Waals surface area contributed by atoms with Crippen LogP contribution in [0.15, 0.2) is 24.4 Å². The normalized spacial score (nSPS) is 15.9. The summed E-state index contributed by atoms with van der Waals surface area (Å²) in [4.78, 5) is 13.8. The van der Waals surface area contributed by atoms with Gasteiger partial charge in [-0.15, -0.1) is 0 Å². The lowest BCUT2D eigenvalue weighted by molar-refractivity contribution is 0.204. The van der Waals surface area contributed by atoms with Crippen molar-refractivity contribution in [3.8, 4) is 0 Å². The summed E-state index contributed by atoms with van der Waals surface area (Å²) < 4.78 is 0. The fraction of sp³-hybridized carbons (Fsp3) is 0.333. The number of H-pyrrole nitrogens is 1. The summed E-state index contributed by atoms with van der Waals surface area (Å²) in [6.07, 6.45) is 1.75. The number of carbonyl (C=O) groups excluding carboxylic acids is 1. The number of hydrogen-bond acceptors (Lipinski definition) is 3. The lowest BCUT2D eigenvalue weighted by atomic mass is 10.2. The van der Waals surface area contributed by atoms with E-state index in [0.717, 1.165) is 42.8 Å². The molecule has 2 heterocycles. The number of anilines is 1. The van der Waals surface area contributed by atoms with Gasteiger partial charge in [0.25, 0.3) is 0 Å². The molecule has 3 rings (SSSR count). The van der Waals surface area contributed by atoms with Gasteiger partial charge in [0.05, 0.1) is 11.7 Å². The van der Waals surface area contributed by atoms with Crippen LogP contribution in [0.3, 0.4) is 0 Å². The van der Waals surface area contributed by atoms with Gasteiger partial charge in [0, 0.05) is 37.3 Å². The summed E-state index contributed by atoms with van der Waals surface area (Å²) in [6, 6.07) is 5.66. The van der Waals surface area contributed by atoms with Crippen LogP contribution in [-0.4, -0.2) is 47.3 Å². The quantitative estimate of drug-likeness (QED) is 0.701. The van der Waals surface area contributed by atoms with Crippen molar-refractivity contribution in [1.82, 2.24) is 20.4 Å². The lowest BCUT2D eigenvalue weighted by Crippen LogP contribution is -2.48. The molecule has 1 aliphatic rings. The number of piperazine rings is 1. The third-order valence-corrected chi connectivity index (χ3v) is 3.10. The molecule has 0 bridgehead atoms.